The van der Waals surface area contributed by atoms with Crippen LogP contribution in [0.1, 0.15) is 37.7 Å². The van der Waals surface area contributed by atoms with Crippen LogP contribution < -0.4 is 4.72 Å². The fourth-order valence-electron chi connectivity index (χ4n) is 4.89. The zero-order chi connectivity index (χ0) is 15.2. The molecule has 2 saturated heterocycles. The maximum atomic E-state index is 12.8. The predicted octanol–water partition coefficient (Wildman–Crippen LogP) is 2.53. The lowest BCUT2D eigenvalue weighted by atomic mass is 9.68. The zero-order valence-electron chi connectivity index (χ0n) is 12.8. The topological polar surface area (TPSA) is 49.4 Å². The summed E-state index contributed by atoms with van der Waals surface area (Å²) in [6.45, 7) is 1.10. The summed E-state index contributed by atoms with van der Waals surface area (Å²) in [6, 6.07) is 9.97. The number of nitrogens with one attached hydrogen (secondary N) is 1. The lowest BCUT2D eigenvalue weighted by molar-refractivity contribution is 0.148. The second-order valence-corrected chi connectivity index (χ2v) is 9.02. The van der Waals surface area contributed by atoms with Gasteiger partial charge in [-0.15, -0.1) is 0 Å². The molecule has 0 amide bonds. The molecule has 4 bridgehead atoms. The molecule has 4 aliphatic rings. The summed E-state index contributed by atoms with van der Waals surface area (Å²) in [7, 11) is -3.38. The number of nitrogens with zero attached hydrogens (tertiary/aromatic N) is 1. The van der Waals surface area contributed by atoms with Gasteiger partial charge in [-0.3, -0.25) is 0 Å². The van der Waals surface area contributed by atoms with E-state index < -0.39 is 10.2 Å². The summed E-state index contributed by atoms with van der Waals surface area (Å²) >= 11 is 0. The van der Waals surface area contributed by atoms with Crippen molar-refractivity contribution in [2.24, 2.45) is 17.8 Å². The Balaban J connectivity index is 1.50. The molecule has 0 spiro atoms. The van der Waals surface area contributed by atoms with Gasteiger partial charge in [0.15, 0.2) is 0 Å². The Bertz CT molecular complexity index is 617. The van der Waals surface area contributed by atoms with Gasteiger partial charge >= 0.3 is 0 Å². The molecule has 1 N–H and O–H groups in total. The Kier molecular flexibility index (Phi) is 3.75. The molecule has 2 unspecified atom stereocenters. The van der Waals surface area contributed by atoms with Crippen molar-refractivity contribution >= 4 is 10.2 Å². The Morgan fingerprint density at radius 1 is 0.955 bits per heavy atom. The Morgan fingerprint density at radius 2 is 1.59 bits per heavy atom. The van der Waals surface area contributed by atoms with Crippen molar-refractivity contribution in [3.63, 3.8) is 0 Å². The lowest BCUT2D eigenvalue weighted by Crippen LogP contribution is -2.47. The molecule has 1 aromatic rings. The number of fused-ring (bicyclic) bond motifs is 1. The third kappa shape index (κ3) is 2.82. The van der Waals surface area contributed by atoms with Gasteiger partial charge in [-0.1, -0.05) is 30.3 Å². The molecule has 22 heavy (non-hydrogen) atoms. The van der Waals surface area contributed by atoms with Crippen LogP contribution in [-0.4, -0.2) is 25.3 Å². The summed E-state index contributed by atoms with van der Waals surface area (Å²) in [6.07, 6.45) is 5.94. The molecule has 2 saturated carbocycles. The van der Waals surface area contributed by atoms with Crippen LogP contribution >= 0.6 is 0 Å². The monoisotopic (exact) mass is 320 g/mol. The van der Waals surface area contributed by atoms with Gasteiger partial charge in [0.2, 0.25) is 0 Å². The highest BCUT2D eigenvalue weighted by Crippen LogP contribution is 2.47. The first-order valence-electron chi connectivity index (χ1n) is 8.40. The molecule has 1 aromatic carbocycles. The van der Waals surface area contributed by atoms with Crippen LogP contribution in [0.2, 0.25) is 0 Å². The molecule has 4 atom stereocenters. The molecule has 120 valence electrons. The van der Waals surface area contributed by atoms with Crippen molar-refractivity contribution < 1.29 is 8.42 Å². The van der Waals surface area contributed by atoms with Crippen LogP contribution in [0.5, 0.6) is 0 Å². The Labute approximate surface area is 133 Å². The van der Waals surface area contributed by atoms with E-state index in [9.17, 15) is 8.42 Å². The van der Waals surface area contributed by atoms with Crippen molar-refractivity contribution in [1.82, 2.24) is 9.03 Å². The second-order valence-electron chi connectivity index (χ2n) is 7.31. The van der Waals surface area contributed by atoms with Gasteiger partial charge < -0.3 is 0 Å². The van der Waals surface area contributed by atoms with E-state index >= 15 is 0 Å². The van der Waals surface area contributed by atoms with Gasteiger partial charge in [-0.25, -0.2) is 0 Å². The number of rotatable bonds is 4. The minimum Gasteiger partial charge on any atom is -0.198 e. The number of benzene rings is 1. The first-order chi connectivity index (χ1) is 10.6. The normalized spacial score (nSPS) is 34.7. The molecule has 5 heteroatoms. The highest BCUT2D eigenvalue weighted by atomic mass is 32.2. The lowest BCUT2D eigenvalue weighted by Gasteiger charge is -2.38. The molecule has 2 aliphatic carbocycles. The van der Waals surface area contributed by atoms with Gasteiger partial charge in [0, 0.05) is 19.1 Å². The first kappa shape index (κ1) is 14.7. The molecule has 0 radical (unpaired) electrons. The largest absolute Gasteiger partial charge is 0.280 e. The SMILES string of the molecule is O=S(=O)(NCc1ccccc1)N1CC2C[C@@H]3CC1C[C@H](C2)C3. The van der Waals surface area contributed by atoms with Crippen LogP contribution in [-0.2, 0) is 16.8 Å². The maximum Gasteiger partial charge on any atom is 0.280 e. The van der Waals surface area contributed by atoms with Crippen molar-refractivity contribution in [1.29, 1.82) is 0 Å². The summed E-state index contributed by atoms with van der Waals surface area (Å²) < 4.78 is 30.2. The van der Waals surface area contributed by atoms with Gasteiger partial charge in [-0.05, 0) is 55.4 Å². The standard InChI is InChI=1S/C17H24N2O2S/c20-22(21,18-11-13-4-2-1-3-5-13)19-12-16-7-14-6-15(8-16)10-17(19)9-14/h1-5,14-18H,6-12H2/t14-,15+,16?,17?. The van der Waals surface area contributed by atoms with Crippen LogP contribution in [0.4, 0.5) is 0 Å². The second kappa shape index (κ2) is 5.62. The van der Waals surface area contributed by atoms with E-state index in [1.54, 1.807) is 4.31 Å². The van der Waals surface area contributed by atoms with Crippen LogP contribution in [0.15, 0.2) is 30.3 Å². The van der Waals surface area contributed by atoms with E-state index in [-0.39, 0.29) is 6.04 Å². The number of hydrogen-bond donors (Lipinski definition) is 1. The van der Waals surface area contributed by atoms with E-state index in [4.69, 9.17) is 0 Å². The van der Waals surface area contributed by atoms with Crippen molar-refractivity contribution in [2.45, 2.75) is 44.7 Å². The average molecular weight is 320 g/mol. The quantitative estimate of drug-likeness (QED) is 0.927. The summed E-state index contributed by atoms with van der Waals surface area (Å²) in [4.78, 5) is 0. The molecular weight excluding hydrogens is 296 g/mol. The third-order valence-corrected chi connectivity index (χ3v) is 7.24. The Hall–Kier alpha value is -0.910. The maximum absolute atomic E-state index is 12.8. The van der Waals surface area contributed by atoms with E-state index in [0.717, 1.165) is 36.8 Å². The van der Waals surface area contributed by atoms with E-state index in [2.05, 4.69) is 4.72 Å². The highest BCUT2D eigenvalue weighted by Gasteiger charge is 2.46. The fourth-order valence-corrected chi connectivity index (χ4v) is 6.38. The zero-order valence-corrected chi connectivity index (χ0v) is 13.6. The fraction of sp³-hybridized carbons (Fsp3) is 0.647. The van der Waals surface area contributed by atoms with Crippen molar-refractivity contribution in [2.75, 3.05) is 6.54 Å². The molecular formula is C17H24N2O2S. The van der Waals surface area contributed by atoms with Crippen molar-refractivity contribution in [3.8, 4) is 0 Å². The predicted molar refractivity (Wildman–Crippen MR) is 86.3 cm³/mol. The summed E-state index contributed by atoms with van der Waals surface area (Å²) in [5.74, 6) is 2.10. The molecule has 4 fully saturated rings. The molecule has 2 aliphatic heterocycles. The highest BCUT2D eigenvalue weighted by molar-refractivity contribution is 7.87. The third-order valence-electron chi connectivity index (χ3n) is 5.67. The van der Waals surface area contributed by atoms with Crippen LogP contribution in [0.3, 0.4) is 0 Å². The number of hydrogen-bond acceptors (Lipinski definition) is 2. The van der Waals surface area contributed by atoms with E-state index in [1.807, 2.05) is 30.3 Å². The van der Waals surface area contributed by atoms with Gasteiger partial charge in [0.25, 0.3) is 10.2 Å². The average Bonchev–Trinajstić information content (AvgIpc) is 2.71. The molecule has 4 nitrogen and oxygen atoms in total. The van der Waals surface area contributed by atoms with Crippen LogP contribution in [0.25, 0.3) is 0 Å². The first-order valence-corrected chi connectivity index (χ1v) is 9.84. The summed E-state index contributed by atoms with van der Waals surface area (Å²) in [5, 5.41) is 0. The van der Waals surface area contributed by atoms with E-state index in [0.29, 0.717) is 12.5 Å². The van der Waals surface area contributed by atoms with Crippen molar-refractivity contribution in [3.05, 3.63) is 35.9 Å². The minimum atomic E-state index is -3.38. The summed E-state index contributed by atoms with van der Waals surface area (Å²) in [5.41, 5.74) is 1.01. The molecule has 2 heterocycles. The van der Waals surface area contributed by atoms with Gasteiger partial charge in [0.05, 0.1) is 0 Å². The van der Waals surface area contributed by atoms with Crippen LogP contribution in [0, 0.1) is 17.8 Å². The van der Waals surface area contributed by atoms with Gasteiger partial charge in [-0.2, -0.15) is 17.4 Å². The molecule has 5 rings (SSSR count). The smallest absolute Gasteiger partial charge is 0.198 e. The molecule has 0 aromatic heterocycles. The van der Waals surface area contributed by atoms with E-state index in [1.165, 1.54) is 19.3 Å². The van der Waals surface area contributed by atoms with Gasteiger partial charge in [0.1, 0.15) is 0 Å². The minimum absolute atomic E-state index is 0.226. The Morgan fingerprint density at radius 3 is 2.27 bits per heavy atom.